The lowest BCUT2D eigenvalue weighted by Crippen LogP contribution is -2.01. The normalized spacial score (nSPS) is 12.1. The first-order valence-corrected chi connectivity index (χ1v) is 6.66. The minimum absolute atomic E-state index is 0.479. The first-order valence-electron chi connectivity index (χ1n) is 5.91. The van der Waals surface area contributed by atoms with E-state index in [4.69, 9.17) is 32.7 Å². The molecule has 0 spiro atoms. The number of halogens is 2. The molecule has 1 unspecified atom stereocenters. The maximum absolute atomic E-state index is 10.4. The largest absolute Gasteiger partial charge is 0.493 e. The SMILES string of the molecule is COc1ccc(C(O)c2cc(Cl)cc(Cl)c2)cc1OC. The molecule has 1 atom stereocenters. The van der Waals surface area contributed by atoms with Gasteiger partial charge in [-0.2, -0.15) is 0 Å². The molecule has 0 amide bonds. The van der Waals surface area contributed by atoms with Crippen LogP contribution in [0.5, 0.6) is 11.5 Å². The highest BCUT2D eigenvalue weighted by Crippen LogP contribution is 2.33. The lowest BCUT2D eigenvalue weighted by Gasteiger charge is -2.15. The van der Waals surface area contributed by atoms with Crippen molar-refractivity contribution in [1.82, 2.24) is 0 Å². The van der Waals surface area contributed by atoms with Crippen LogP contribution in [0.3, 0.4) is 0 Å². The zero-order valence-corrected chi connectivity index (χ0v) is 12.6. The van der Waals surface area contributed by atoms with Crippen LogP contribution >= 0.6 is 23.2 Å². The first kappa shape index (κ1) is 15.0. The van der Waals surface area contributed by atoms with Crippen LogP contribution in [0.1, 0.15) is 17.2 Å². The zero-order chi connectivity index (χ0) is 14.7. The smallest absolute Gasteiger partial charge is 0.161 e. The molecule has 0 saturated carbocycles. The number of hydrogen-bond donors (Lipinski definition) is 1. The summed E-state index contributed by atoms with van der Waals surface area (Å²) in [5.74, 6) is 1.16. The summed E-state index contributed by atoms with van der Waals surface area (Å²) in [6.45, 7) is 0. The summed E-state index contributed by atoms with van der Waals surface area (Å²) in [4.78, 5) is 0. The fraction of sp³-hybridized carbons (Fsp3) is 0.200. The van der Waals surface area contributed by atoms with Gasteiger partial charge in [-0.15, -0.1) is 0 Å². The summed E-state index contributed by atoms with van der Waals surface area (Å²) in [5.41, 5.74) is 1.29. The molecule has 106 valence electrons. The summed E-state index contributed by atoms with van der Waals surface area (Å²) in [6, 6.07) is 10.2. The molecule has 0 aliphatic carbocycles. The summed E-state index contributed by atoms with van der Waals surface area (Å²) in [5, 5.41) is 11.4. The van der Waals surface area contributed by atoms with Crippen LogP contribution in [0, 0.1) is 0 Å². The minimum atomic E-state index is -0.842. The van der Waals surface area contributed by atoms with E-state index in [2.05, 4.69) is 0 Å². The molecule has 0 aromatic heterocycles. The van der Waals surface area contributed by atoms with Gasteiger partial charge in [0, 0.05) is 10.0 Å². The Labute approximate surface area is 127 Å². The molecule has 5 heteroatoms. The second-order valence-corrected chi connectivity index (χ2v) is 5.09. The number of aliphatic hydroxyl groups excluding tert-OH is 1. The van der Waals surface area contributed by atoms with Gasteiger partial charge < -0.3 is 14.6 Å². The quantitative estimate of drug-likeness (QED) is 0.924. The van der Waals surface area contributed by atoms with Crippen molar-refractivity contribution in [3.05, 3.63) is 57.6 Å². The number of ether oxygens (including phenoxy) is 2. The molecular formula is C15H14Cl2O3. The van der Waals surface area contributed by atoms with Gasteiger partial charge in [-0.3, -0.25) is 0 Å². The fourth-order valence-electron chi connectivity index (χ4n) is 1.95. The number of benzene rings is 2. The second kappa shape index (κ2) is 6.35. The van der Waals surface area contributed by atoms with Crippen molar-refractivity contribution in [2.75, 3.05) is 14.2 Å². The Morgan fingerprint density at radius 2 is 1.45 bits per heavy atom. The van der Waals surface area contributed by atoms with E-state index in [1.54, 1.807) is 50.6 Å². The standard InChI is InChI=1S/C15H14Cl2O3/c1-19-13-4-3-9(7-14(13)20-2)15(18)10-5-11(16)8-12(17)6-10/h3-8,15,18H,1-2H3. The van der Waals surface area contributed by atoms with Crippen molar-refractivity contribution >= 4 is 23.2 Å². The highest BCUT2D eigenvalue weighted by Gasteiger charge is 2.14. The van der Waals surface area contributed by atoms with Crippen LogP contribution in [-0.4, -0.2) is 19.3 Å². The van der Waals surface area contributed by atoms with E-state index in [1.807, 2.05) is 0 Å². The van der Waals surface area contributed by atoms with Crippen LogP contribution in [0.2, 0.25) is 10.0 Å². The molecule has 0 radical (unpaired) electrons. The molecule has 0 bridgehead atoms. The van der Waals surface area contributed by atoms with Crippen molar-refractivity contribution in [1.29, 1.82) is 0 Å². The summed E-state index contributed by atoms with van der Waals surface area (Å²) in [7, 11) is 3.11. The van der Waals surface area contributed by atoms with Crippen molar-refractivity contribution in [3.63, 3.8) is 0 Å². The van der Waals surface area contributed by atoms with Crippen molar-refractivity contribution < 1.29 is 14.6 Å². The maximum Gasteiger partial charge on any atom is 0.161 e. The third-order valence-corrected chi connectivity index (χ3v) is 3.36. The molecule has 0 aliphatic heterocycles. The molecule has 20 heavy (non-hydrogen) atoms. The Morgan fingerprint density at radius 1 is 0.850 bits per heavy atom. The van der Waals surface area contributed by atoms with Gasteiger partial charge in [0.1, 0.15) is 6.10 Å². The van der Waals surface area contributed by atoms with Gasteiger partial charge in [-0.1, -0.05) is 29.3 Å². The van der Waals surface area contributed by atoms with Crippen LogP contribution < -0.4 is 9.47 Å². The van der Waals surface area contributed by atoms with Crippen molar-refractivity contribution in [2.24, 2.45) is 0 Å². The molecule has 2 rings (SSSR count). The van der Waals surface area contributed by atoms with E-state index in [0.717, 1.165) is 0 Å². The van der Waals surface area contributed by atoms with Gasteiger partial charge in [0.15, 0.2) is 11.5 Å². The Hall–Kier alpha value is -1.42. The van der Waals surface area contributed by atoms with Crippen molar-refractivity contribution in [2.45, 2.75) is 6.10 Å². The van der Waals surface area contributed by atoms with E-state index in [1.165, 1.54) is 0 Å². The molecular weight excluding hydrogens is 299 g/mol. The molecule has 2 aromatic carbocycles. The molecule has 0 saturated heterocycles. The predicted molar refractivity (Wildman–Crippen MR) is 80.1 cm³/mol. The topological polar surface area (TPSA) is 38.7 Å². The molecule has 2 aromatic rings. The molecule has 0 heterocycles. The van der Waals surface area contributed by atoms with Gasteiger partial charge >= 0.3 is 0 Å². The maximum atomic E-state index is 10.4. The third-order valence-electron chi connectivity index (χ3n) is 2.92. The average molecular weight is 313 g/mol. The Kier molecular flexibility index (Phi) is 4.76. The van der Waals surface area contributed by atoms with Gasteiger partial charge in [0.05, 0.1) is 14.2 Å². The van der Waals surface area contributed by atoms with E-state index < -0.39 is 6.10 Å². The molecule has 1 N–H and O–H groups in total. The number of rotatable bonds is 4. The van der Waals surface area contributed by atoms with Crippen LogP contribution in [-0.2, 0) is 0 Å². The molecule has 0 fully saturated rings. The Bertz CT molecular complexity index is 594. The fourth-order valence-corrected chi connectivity index (χ4v) is 2.49. The number of aliphatic hydroxyl groups is 1. The predicted octanol–water partition coefficient (Wildman–Crippen LogP) is 4.09. The highest BCUT2D eigenvalue weighted by atomic mass is 35.5. The average Bonchev–Trinajstić information content (AvgIpc) is 2.44. The lowest BCUT2D eigenvalue weighted by atomic mass is 10.0. The first-order chi connectivity index (χ1) is 9.55. The van der Waals surface area contributed by atoms with Crippen LogP contribution in [0.4, 0.5) is 0 Å². The third kappa shape index (κ3) is 3.18. The van der Waals surface area contributed by atoms with E-state index in [9.17, 15) is 5.11 Å². The van der Waals surface area contributed by atoms with Gasteiger partial charge in [-0.25, -0.2) is 0 Å². The lowest BCUT2D eigenvalue weighted by molar-refractivity contribution is 0.219. The second-order valence-electron chi connectivity index (χ2n) is 4.22. The number of methoxy groups -OCH3 is 2. The summed E-state index contributed by atoms with van der Waals surface area (Å²) < 4.78 is 10.4. The minimum Gasteiger partial charge on any atom is -0.493 e. The van der Waals surface area contributed by atoms with E-state index >= 15 is 0 Å². The van der Waals surface area contributed by atoms with Crippen LogP contribution in [0.25, 0.3) is 0 Å². The van der Waals surface area contributed by atoms with Crippen molar-refractivity contribution in [3.8, 4) is 11.5 Å². The van der Waals surface area contributed by atoms with Gasteiger partial charge in [0.2, 0.25) is 0 Å². The number of hydrogen-bond acceptors (Lipinski definition) is 3. The summed E-state index contributed by atoms with van der Waals surface area (Å²) in [6.07, 6.45) is -0.842. The van der Waals surface area contributed by atoms with E-state index in [0.29, 0.717) is 32.7 Å². The Balaban J connectivity index is 2.39. The van der Waals surface area contributed by atoms with Crippen LogP contribution in [0.15, 0.2) is 36.4 Å². The Morgan fingerprint density at radius 3 is 2.00 bits per heavy atom. The van der Waals surface area contributed by atoms with Gasteiger partial charge in [-0.05, 0) is 41.5 Å². The van der Waals surface area contributed by atoms with Gasteiger partial charge in [0.25, 0.3) is 0 Å². The molecule has 0 aliphatic rings. The van der Waals surface area contributed by atoms with E-state index in [-0.39, 0.29) is 0 Å². The molecule has 3 nitrogen and oxygen atoms in total. The highest BCUT2D eigenvalue weighted by molar-refractivity contribution is 6.34. The zero-order valence-electron chi connectivity index (χ0n) is 11.1. The summed E-state index contributed by atoms with van der Waals surface area (Å²) >= 11 is 11.9. The monoisotopic (exact) mass is 312 g/mol.